The van der Waals surface area contributed by atoms with Gasteiger partial charge in [0.2, 0.25) is 0 Å². The van der Waals surface area contributed by atoms with E-state index < -0.39 is 42.1 Å². The minimum atomic E-state index is -4.57. The molecule has 0 radical (unpaired) electrons. The lowest BCUT2D eigenvalue weighted by molar-refractivity contribution is -0.156. The number of halogens is 3. The Morgan fingerprint density at radius 3 is 2.30 bits per heavy atom. The summed E-state index contributed by atoms with van der Waals surface area (Å²) in [5.41, 5.74) is 0.0117. The van der Waals surface area contributed by atoms with E-state index in [0.717, 1.165) is 5.56 Å². The van der Waals surface area contributed by atoms with Crippen LogP contribution < -0.4 is 21.3 Å². The molecule has 1 aromatic heterocycles. The molecule has 2 amide bonds. The molecule has 0 saturated carbocycles. The molecule has 1 atom stereocenters. The number of carbonyl (C=O) groups is 2. The second-order valence-electron chi connectivity index (χ2n) is 11.9. The smallest absolute Gasteiger partial charge is 0.422 e. The topological polar surface area (TPSA) is 159 Å². The second kappa shape index (κ2) is 14.4. The average Bonchev–Trinajstić information content (AvgIpc) is 2.93. The summed E-state index contributed by atoms with van der Waals surface area (Å²) in [6.45, 7) is 8.36. The van der Waals surface area contributed by atoms with Crippen molar-refractivity contribution in [2.24, 2.45) is 15.4 Å². The highest BCUT2D eigenvalue weighted by Crippen LogP contribution is 2.18. The molecule has 1 aromatic carbocycles. The van der Waals surface area contributed by atoms with E-state index in [9.17, 15) is 27.9 Å². The van der Waals surface area contributed by atoms with Gasteiger partial charge in [0.15, 0.2) is 6.61 Å². The monoisotopic (exact) mass is 621 g/mol. The highest BCUT2D eigenvalue weighted by atomic mass is 19.4. The van der Waals surface area contributed by atoms with Crippen LogP contribution in [-0.4, -0.2) is 71.6 Å². The number of hydrogen-bond acceptors (Lipinski definition) is 10. The van der Waals surface area contributed by atoms with Gasteiger partial charge >= 0.3 is 18.3 Å². The molecule has 0 fully saturated rings. The van der Waals surface area contributed by atoms with Gasteiger partial charge in [0.1, 0.15) is 29.2 Å². The number of aromatic nitrogens is 1. The number of benzene rings is 1. The number of aromatic hydroxyl groups is 1. The highest BCUT2D eigenvalue weighted by molar-refractivity contribution is 6.03. The van der Waals surface area contributed by atoms with E-state index >= 15 is 0 Å². The fraction of sp³-hybridized carbons (Fsp3) is 0.483. The van der Waals surface area contributed by atoms with Gasteiger partial charge < -0.3 is 30.5 Å². The Balaban J connectivity index is 1.57. The first-order valence-electron chi connectivity index (χ1n) is 13.8. The number of phenolic OH excluding ortho intramolecular Hbond substituents is 1. The zero-order chi connectivity index (χ0) is 32.5. The van der Waals surface area contributed by atoms with Crippen LogP contribution in [0.15, 0.2) is 52.6 Å². The average molecular weight is 622 g/mol. The largest absolute Gasteiger partial charge is 0.508 e. The number of nitrogens with one attached hydrogen (secondary N) is 4. The molecule has 1 unspecified atom stereocenters. The van der Waals surface area contributed by atoms with Crippen molar-refractivity contribution in [1.29, 1.82) is 0 Å². The van der Waals surface area contributed by atoms with Crippen molar-refractivity contribution < 1.29 is 37.3 Å². The number of anilines is 1. The number of alkyl carbamates (subject to hydrolysis) is 1. The van der Waals surface area contributed by atoms with E-state index in [0.29, 0.717) is 12.4 Å². The van der Waals surface area contributed by atoms with Gasteiger partial charge in [-0.1, -0.05) is 26.0 Å². The van der Waals surface area contributed by atoms with Crippen LogP contribution in [0, 0.1) is 5.41 Å². The number of alkyl halides is 3. The van der Waals surface area contributed by atoms with Gasteiger partial charge in [-0.3, -0.25) is 10.1 Å². The van der Waals surface area contributed by atoms with Crippen molar-refractivity contribution in [2.75, 3.05) is 25.0 Å². The first-order valence-corrected chi connectivity index (χ1v) is 13.8. The van der Waals surface area contributed by atoms with Gasteiger partial charge in [-0.25, -0.2) is 14.8 Å². The van der Waals surface area contributed by atoms with Crippen LogP contribution in [0.2, 0.25) is 0 Å². The standard InChI is InChI=1S/C29H38F3N7O5/c1-27(2,3)44-26(42)36-16-28(4,5)15-35-24(41)19-8-11-21(34-14-19)37-23-12-22(33-13-18-6-9-20(40)10-7-18)38-25(39-23)43-17-29(30,31)32/h6-11,14,22,33,40H,12-13,15-17H2,1-5H3,(H,35,41)(H,36,42)(H,34,37,38,39). The molecule has 1 aliphatic heterocycles. The number of rotatable bonds is 10. The number of amidine groups is 2. The van der Waals surface area contributed by atoms with Gasteiger partial charge in [-0.05, 0) is 56.0 Å². The summed E-state index contributed by atoms with van der Waals surface area (Å²) in [5.74, 6) is 0.289. The Morgan fingerprint density at radius 2 is 1.68 bits per heavy atom. The van der Waals surface area contributed by atoms with Crippen molar-refractivity contribution in [3.05, 3.63) is 53.7 Å². The van der Waals surface area contributed by atoms with Crippen molar-refractivity contribution >= 4 is 29.7 Å². The van der Waals surface area contributed by atoms with Crippen LogP contribution in [0.5, 0.6) is 5.75 Å². The van der Waals surface area contributed by atoms with E-state index in [1.807, 2.05) is 13.8 Å². The molecule has 3 rings (SSSR count). The van der Waals surface area contributed by atoms with E-state index in [4.69, 9.17) is 9.47 Å². The van der Waals surface area contributed by atoms with Crippen molar-refractivity contribution in [3.8, 4) is 5.75 Å². The van der Waals surface area contributed by atoms with Crippen LogP contribution in [-0.2, 0) is 16.0 Å². The summed E-state index contributed by atoms with van der Waals surface area (Å²) >= 11 is 0. The Hall–Kier alpha value is -4.40. The molecule has 1 aliphatic rings. The summed E-state index contributed by atoms with van der Waals surface area (Å²) in [7, 11) is 0. The van der Waals surface area contributed by atoms with Crippen LogP contribution in [0.1, 0.15) is 57.0 Å². The maximum absolute atomic E-state index is 12.8. The molecule has 5 N–H and O–H groups in total. The highest BCUT2D eigenvalue weighted by Gasteiger charge is 2.30. The number of pyridine rings is 1. The number of hydrogen-bond donors (Lipinski definition) is 5. The van der Waals surface area contributed by atoms with E-state index in [-0.39, 0.29) is 42.6 Å². The zero-order valence-electron chi connectivity index (χ0n) is 25.2. The van der Waals surface area contributed by atoms with Crippen molar-refractivity contribution in [2.45, 2.75) is 65.5 Å². The Morgan fingerprint density at radius 1 is 1.00 bits per heavy atom. The maximum Gasteiger partial charge on any atom is 0.422 e. The lowest BCUT2D eigenvalue weighted by Gasteiger charge is -2.26. The number of ether oxygens (including phenoxy) is 2. The van der Waals surface area contributed by atoms with Crippen LogP contribution in [0.4, 0.5) is 23.8 Å². The number of phenols is 1. The molecule has 0 bridgehead atoms. The molecule has 0 saturated heterocycles. The van der Waals surface area contributed by atoms with E-state index in [1.165, 1.54) is 30.5 Å². The zero-order valence-corrected chi connectivity index (χ0v) is 25.2. The van der Waals surface area contributed by atoms with Gasteiger partial charge in [-0.2, -0.15) is 18.2 Å². The van der Waals surface area contributed by atoms with Crippen LogP contribution >= 0.6 is 0 Å². The fourth-order valence-corrected chi connectivity index (χ4v) is 3.67. The molecular formula is C29H38F3N7O5. The molecule has 2 aromatic rings. The molecule has 15 heteroatoms. The first kappa shape index (κ1) is 34.1. The lowest BCUT2D eigenvalue weighted by Crippen LogP contribution is -2.43. The summed E-state index contributed by atoms with van der Waals surface area (Å²) in [6, 6.07) is 9.07. The molecular weight excluding hydrogens is 583 g/mol. The third-order valence-corrected chi connectivity index (χ3v) is 5.86. The van der Waals surface area contributed by atoms with Crippen molar-refractivity contribution in [1.82, 2.24) is 20.9 Å². The Labute approximate surface area is 253 Å². The summed E-state index contributed by atoms with van der Waals surface area (Å²) in [5, 5.41) is 21.0. The maximum atomic E-state index is 12.8. The molecule has 2 heterocycles. The minimum absolute atomic E-state index is 0.110. The SMILES string of the molecule is CC(C)(CNC(=O)OC(C)(C)C)CNC(=O)c1ccc(NC2=NC(OCC(F)(F)F)=NC(NCc3ccc(O)cc3)C2)nc1. The molecule has 0 aliphatic carbocycles. The Kier molecular flexibility index (Phi) is 11.1. The molecule has 44 heavy (non-hydrogen) atoms. The minimum Gasteiger partial charge on any atom is -0.508 e. The second-order valence-corrected chi connectivity index (χ2v) is 11.9. The quantitative estimate of drug-likeness (QED) is 0.262. The van der Waals surface area contributed by atoms with Crippen molar-refractivity contribution in [3.63, 3.8) is 0 Å². The van der Waals surface area contributed by atoms with E-state index in [1.54, 1.807) is 32.9 Å². The predicted octanol–water partition coefficient (Wildman–Crippen LogP) is 4.33. The number of amides is 2. The Bertz CT molecular complexity index is 1340. The normalized spacial score (nSPS) is 15.5. The van der Waals surface area contributed by atoms with Crippen LogP contribution in [0.3, 0.4) is 0 Å². The summed E-state index contributed by atoms with van der Waals surface area (Å²) < 4.78 is 48.3. The number of aliphatic imine (C=N–C) groups is 2. The third kappa shape index (κ3) is 12.5. The number of nitrogens with zero attached hydrogens (tertiary/aromatic N) is 3. The lowest BCUT2D eigenvalue weighted by atomic mass is 9.93. The van der Waals surface area contributed by atoms with Gasteiger partial charge in [0.05, 0.1) is 5.56 Å². The molecule has 240 valence electrons. The number of carbonyl (C=O) groups excluding carboxylic acids is 2. The van der Waals surface area contributed by atoms with E-state index in [2.05, 4.69) is 36.2 Å². The fourth-order valence-electron chi connectivity index (χ4n) is 3.67. The summed E-state index contributed by atoms with van der Waals surface area (Å²) in [4.78, 5) is 37.1. The summed E-state index contributed by atoms with van der Waals surface area (Å²) in [6.07, 6.45) is -4.24. The predicted molar refractivity (Wildman–Crippen MR) is 158 cm³/mol. The molecule has 12 nitrogen and oxygen atoms in total. The van der Waals surface area contributed by atoms with Crippen LogP contribution in [0.25, 0.3) is 0 Å². The first-order chi connectivity index (χ1) is 20.5. The van der Waals surface area contributed by atoms with Gasteiger partial charge in [0, 0.05) is 32.3 Å². The molecule has 0 spiro atoms. The van der Waals surface area contributed by atoms with Gasteiger partial charge in [-0.15, -0.1) is 0 Å². The van der Waals surface area contributed by atoms with Gasteiger partial charge in [0.25, 0.3) is 5.91 Å². The third-order valence-electron chi connectivity index (χ3n) is 5.86.